The molecular weight excluding hydrogens is 1520 g/mol. The number of benzene rings is 7. The van der Waals surface area contributed by atoms with Crippen LogP contribution in [0.5, 0.6) is 17.2 Å². The molecule has 0 aliphatic rings. The number of anilines is 4. The SMILES string of the molecule is COc1cc[c-]cc1N=Nc1[c-]cc2c(S(=O)(=O)[O-])c(Nc3nc(Cl)nc(Nc4c[c-]cc5cc(S(=O)(=O)[O-])c(N=Nc6[c-]c7cccc(S(=O)(=O)[O-])c7cc6)c(O)c45)n3)ccc2c1O.O=S(=O)(COS)COOO.O=S(=O)=O.O=S(=O)=O.O=S(=O)=O.[Na+].[Na+].[Na+].[Na+].[Na+].[Na+].[Na+]. The molecule has 464 valence electrons. The van der Waals surface area contributed by atoms with Gasteiger partial charge < -0.3 is 43.4 Å². The van der Waals surface area contributed by atoms with Crippen LogP contribution in [0.15, 0.2) is 120 Å². The Kier molecular flexibility index (Phi) is 48.6. The van der Waals surface area contributed by atoms with Gasteiger partial charge in [-0.2, -0.15) is 72.5 Å². The van der Waals surface area contributed by atoms with Crippen LogP contribution in [0.3, 0.4) is 0 Å². The Labute approximate surface area is 701 Å². The van der Waals surface area contributed by atoms with Crippen LogP contribution in [0, 0.1) is 24.3 Å². The van der Waals surface area contributed by atoms with E-state index in [0.717, 1.165) is 24.3 Å². The van der Waals surface area contributed by atoms with Crippen LogP contribution < -0.4 is 222 Å². The standard InChI is InChI=1S/C40H24ClN9O12S3.C2H6O6S2.7Na.3O3S/c1-62-30-10-3-2-8-26(30)48-49-28-16-15-25-24(35(28)51)14-17-29(37(25)65(59,60)61)43-40-45-38(41)44-39(46-40)42-27-9-4-7-21-19-32(64(56,57)58)34(36(52)33(21)27)50-47-22-12-13-23-20(18-22)6-5-11-31(23)63(53,54)55;3-8-6-1-10(4,5)2-7-9;;;;;;;;3*1-4(2)3/h3,5-15,17,19,51-52H,1H3,(H,53,54,55)(H,56,57,58)(H,59,60,61)(H2,42,43,44,45,46);3,9H,1-2H2;;;;;;;;;;/q-4;;7*+1;;;/p-3. The van der Waals surface area contributed by atoms with Crippen molar-refractivity contribution in [3.05, 3.63) is 114 Å². The summed E-state index contributed by atoms with van der Waals surface area (Å²) in [4.78, 5) is 13.5. The van der Waals surface area contributed by atoms with Crippen LogP contribution in [-0.4, -0.2) is 135 Å². The maximum atomic E-state index is 12.7. The van der Waals surface area contributed by atoms with E-state index in [1.165, 1.54) is 55.6 Å². The molecule has 7 aromatic carbocycles. The summed E-state index contributed by atoms with van der Waals surface area (Å²) in [5, 5.41) is 53.5. The van der Waals surface area contributed by atoms with E-state index in [4.69, 9.17) is 59.5 Å². The van der Waals surface area contributed by atoms with E-state index in [-0.39, 0.29) is 274 Å². The first-order valence-electron chi connectivity index (χ1n) is 21.4. The van der Waals surface area contributed by atoms with Gasteiger partial charge in [0.2, 0.25) is 27.0 Å². The molecule has 0 atom stereocenters. The van der Waals surface area contributed by atoms with Crippen molar-refractivity contribution in [1.82, 2.24) is 15.0 Å². The van der Waals surface area contributed by atoms with Gasteiger partial charge in [-0.3, -0.25) is 0 Å². The number of hydrogen-bond donors (Lipinski definition) is 6. The summed E-state index contributed by atoms with van der Waals surface area (Å²) in [5.41, 5.74) is -1.28. The van der Waals surface area contributed by atoms with E-state index in [1.807, 2.05) is 0 Å². The van der Waals surface area contributed by atoms with Crippen molar-refractivity contribution in [2.75, 3.05) is 29.6 Å². The molecule has 0 aliphatic heterocycles. The Balaban J connectivity index is -0.00000121. The molecule has 0 unspecified atom stereocenters. The number of methoxy groups -OCH3 is 1. The number of halogens is 1. The number of phenolic OH excluding ortho intramolecular Hbond substituents is 2. The number of nitrogens with one attached hydrogen (secondary N) is 2. The van der Waals surface area contributed by atoms with Gasteiger partial charge in [-0.25, -0.2) is 44.0 Å². The van der Waals surface area contributed by atoms with E-state index in [2.05, 4.69) is 97.3 Å². The number of fused-ring (bicyclic) bond motifs is 3. The summed E-state index contributed by atoms with van der Waals surface area (Å²) < 4.78 is 217. The first-order valence-corrected chi connectivity index (χ1v) is 31.2. The minimum absolute atomic E-state index is 0. The van der Waals surface area contributed by atoms with E-state index >= 15 is 0 Å². The van der Waals surface area contributed by atoms with Gasteiger partial charge in [-0.05, 0) is 30.6 Å². The third-order valence-electron chi connectivity index (χ3n) is 9.71. The second kappa shape index (κ2) is 46.1. The van der Waals surface area contributed by atoms with Gasteiger partial charge in [0, 0.05) is 44.0 Å². The largest absolute Gasteiger partial charge is 1.00 e. The van der Waals surface area contributed by atoms with Crippen LogP contribution in [0.2, 0.25) is 5.28 Å². The molecule has 0 radical (unpaired) electrons. The summed E-state index contributed by atoms with van der Waals surface area (Å²) >= 11 is 9.43. The molecule has 0 bridgehead atoms. The van der Waals surface area contributed by atoms with Crippen molar-refractivity contribution in [3.8, 4) is 17.2 Å². The number of hydrogen-bond acceptors (Lipinski definition) is 37. The fraction of sp³-hybridized carbons (Fsp3) is 0.0714. The number of thiol groups is 1. The summed E-state index contributed by atoms with van der Waals surface area (Å²) in [7, 11) is -26.9. The summed E-state index contributed by atoms with van der Waals surface area (Å²) in [5.74, 6) is -3.22. The number of aromatic hydroxyl groups is 2. The minimum atomic E-state index is -5.33. The maximum Gasteiger partial charge on any atom is 1.00 e. The first kappa shape index (κ1) is 98.9. The molecule has 36 nitrogen and oxygen atoms in total. The van der Waals surface area contributed by atoms with Crippen LogP contribution in [0.4, 0.5) is 46.0 Å². The van der Waals surface area contributed by atoms with Gasteiger partial charge in [0.05, 0.1) is 12.0 Å². The summed E-state index contributed by atoms with van der Waals surface area (Å²) in [6.07, 6.45) is 0. The van der Waals surface area contributed by atoms with Gasteiger partial charge in [-0.15, -0.1) is 102 Å². The van der Waals surface area contributed by atoms with Crippen molar-refractivity contribution >= 4 is 175 Å². The van der Waals surface area contributed by atoms with E-state index in [9.17, 15) is 57.5 Å². The van der Waals surface area contributed by atoms with Crippen LogP contribution in [0.1, 0.15) is 0 Å². The molecule has 1 aromatic heterocycles. The first-order chi connectivity index (χ1) is 40.6. The van der Waals surface area contributed by atoms with E-state index in [1.54, 1.807) is 12.1 Å². The summed E-state index contributed by atoms with van der Waals surface area (Å²) in [6, 6.07) is 28.8. The summed E-state index contributed by atoms with van der Waals surface area (Å²) in [6.45, 7) is 0. The Morgan fingerprint density at radius 2 is 1.19 bits per heavy atom. The average Bonchev–Trinajstić information content (AvgIpc) is 0.989. The number of phenols is 2. The Hall–Kier alpha value is -1.45. The maximum absolute atomic E-state index is 12.7. The topological polar surface area (TPSA) is 569 Å². The smallest absolute Gasteiger partial charge is 0.745 e. The minimum Gasteiger partial charge on any atom is -0.745 e. The van der Waals surface area contributed by atoms with Crippen molar-refractivity contribution in [2.24, 2.45) is 20.5 Å². The fourth-order valence-corrected chi connectivity index (χ4v) is 9.90. The Morgan fingerprint density at radius 3 is 1.72 bits per heavy atom. The molecule has 52 heteroatoms. The second-order valence-electron chi connectivity index (χ2n) is 15.1. The van der Waals surface area contributed by atoms with Gasteiger partial charge in [-0.1, -0.05) is 45.1 Å². The number of nitrogens with zero attached hydrogens (tertiary/aromatic N) is 7. The van der Waals surface area contributed by atoms with Crippen molar-refractivity contribution in [1.29, 1.82) is 0 Å². The molecule has 8 aromatic rings. The van der Waals surface area contributed by atoms with Crippen LogP contribution in [-0.2, 0) is 86.1 Å². The van der Waals surface area contributed by atoms with Gasteiger partial charge in [0.25, 0.3) is 0 Å². The van der Waals surface area contributed by atoms with Gasteiger partial charge >= 0.3 is 239 Å². The number of azo groups is 2. The fourth-order valence-electron chi connectivity index (χ4n) is 6.67. The molecule has 0 spiro atoms. The van der Waals surface area contributed by atoms with E-state index < -0.39 is 127 Å². The number of sulfone groups is 1. The zero-order chi connectivity index (χ0) is 65.2. The third kappa shape index (κ3) is 31.6. The van der Waals surface area contributed by atoms with Crippen molar-refractivity contribution in [3.63, 3.8) is 0 Å². The quantitative estimate of drug-likeness (QED) is 0.00720. The zero-order valence-corrected chi connectivity index (χ0v) is 70.3. The number of ether oxygens (including phenoxy) is 1. The normalized spacial score (nSPS) is 10.6. The Morgan fingerprint density at radius 1 is 0.628 bits per heavy atom. The molecule has 0 amide bonds. The van der Waals surface area contributed by atoms with Crippen molar-refractivity contribution in [2.45, 2.75) is 14.7 Å². The molecule has 1 heterocycles. The molecule has 0 saturated heterocycles. The predicted octanol–water partition coefficient (Wildman–Crippen LogP) is -16.8. The second-order valence-corrected chi connectivity index (χ2v) is 22.9. The molecule has 8 rings (SSSR count). The van der Waals surface area contributed by atoms with Crippen LogP contribution in [0.25, 0.3) is 32.3 Å². The monoisotopic (exact) mass is 1540 g/mol. The van der Waals surface area contributed by atoms with E-state index in [0.29, 0.717) is 5.75 Å². The molecule has 94 heavy (non-hydrogen) atoms. The molecule has 0 saturated carbocycles. The van der Waals surface area contributed by atoms with Gasteiger partial charge in [0.1, 0.15) is 41.8 Å². The predicted molar refractivity (Wildman–Crippen MR) is 290 cm³/mol. The molecule has 5 N–H and O–H groups in total. The van der Waals surface area contributed by atoms with Crippen molar-refractivity contribution < 1.29 is 326 Å². The number of aromatic nitrogens is 3. The van der Waals surface area contributed by atoms with Gasteiger partial charge in [0.15, 0.2) is 11.9 Å². The third-order valence-corrected chi connectivity index (χ3v) is 13.8. The average molecular weight is 1540 g/mol. The molecule has 0 fully saturated rings. The molecular formula is C42H27ClN9Na7O27S8. The van der Waals surface area contributed by atoms with Crippen LogP contribution >= 0.6 is 24.5 Å². The zero-order valence-electron chi connectivity index (χ0n) is 49.0. The Bertz CT molecular complexity index is 4780. The number of rotatable bonds is 17. The molecule has 0 aliphatic carbocycles.